The molecule has 1 N–H and O–H groups in total. The first kappa shape index (κ1) is 20.7. The lowest BCUT2D eigenvalue weighted by Crippen LogP contribution is -2.38. The van der Waals surface area contributed by atoms with Crippen LogP contribution in [-0.2, 0) is 4.79 Å². The number of fused-ring (bicyclic) bond motifs is 1. The highest BCUT2D eigenvalue weighted by Gasteiger charge is 2.26. The number of methoxy groups -OCH3 is 1. The molecule has 3 heterocycles. The summed E-state index contributed by atoms with van der Waals surface area (Å²) >= 11 is 1.64. The number of likely N-dealkylation sites (tertiary alicyclic amines) is 1. The Labute approximate surface area is 181 Å². The van der Waals surface area contributed by atoms with Gasteiger partial charge in [0.1, 0.15) is 5.75 Å². The minimum atomic E-state index is 0.0767. The summed E-state index contributed by atoms with van der Waals surface area (Å²) in [6, 6.07) is 8.03. The van der Waals surface area contributed by atoms with E-state index in [1.807, 2.05) is 36.9 Å². The number of Topliss-reactive ketones (excluding diaryl/α,β-unsaturated/α-hetero) is 1. The third-order valence-electron chi connectivity index (χ3n) is 6.12. The highest BCUT2D eigenvalue weighted by molar-refractivity contribution is 7.12. The lowest BCUT2D eigenvalue weighted by atomic mass is 9.89. The van der Waals surface area contributed by atoms with Crippen LogP contribution in [0.5, 0.6) is 5.75 Å². The lowest BCUT2D eigenvalue weighted by molar-refractivity contribution is -0.132. The van der Waals surface area contributed by atoms with Crippen molar-refractivity contribution in [2.75, 3.05) is 20.2 Å². The van der Waals surface area contributed by atoms with Gasteiger partial charge in [-0.25, -0.2) is 0 Å². The Morgan fingerprint density at radius 3 is 2.60 bits per heavy atom. The van der Waals surface area contributed by atoms with Gasteiger partial charge in [0, 0.05) is 58.3 Å². The predicted molar refractivity (Wildman–Crippen MR) is 121 cm³/mol. The van der Waals surface area contributed by atoms with Gasteiger partial charge in [-0.2, -0.15) is 0 Å². The number of aromatic amines is 1. The average Bonchev–Trinajstić information content (AvgIpc) is 3.33. The van der Waals surface area contributed by atoms with Crippen LogP contribution in [0, 0.1) is 13.8 Å². The molecule has 0 bridgehead atoms. The number of nitrogens with zero attached hydrogens (tertiary/aromatic N) is 1. The number of carbonyl (C=O) groups is 2. The van der Waals surface area contributed by atoms with Gasteiger partial charge < -0.3 is 14.6 Å². The van der Waals surface area contributed by atoms with Gasteiger partial charge in [-0.15, -0.1) is 11.3 Å². The van der Waals surface area contributed by atoms with E-state index < -0.39 is 0 Å². The second kappa shape index (κ2) is 8.64. The van der Waals surface area contributed by atoms with Gasteiger partial charge in [0.15, 0.2) is 5.78 Å². The molecule has 5 nitrogen and oxygen atoms in total. The Balaban J connectivity index is 1.34. The summed E-state index contributed by atoms with van der Waals surface area (Å²) in [7, 11) is 1.68. The standard InChI is InChI=1S/C24H28N2O3S/c1-15-12-19(16(2)30-15)23(27)6-7-24(28)26-10-8-17(9-11-26)21-14-25-22-5-4-18(29-3)13-20(21)22/h4-5,12-14,17,25H,6-11H2,1-3H3. The van der Waals surface area contributed by atoms with Crippen molar-refractivity contribution < 1.29 is 14.3 Å². The molecule has 0 saturated carbocycles. The molecule has 0 aliphatic carbocycles. The monoisotopic (exact) mass is 424 g/mol. The van der Waals surface area contributed by atoms with Crippen molar-refractivity contribution in [1.29, 1.82) is 0 Å². The topological polar surface area (TPSA) is 62.4 Å². The Kier molecular flexibility index (Phi) is 5.95. The van der Waals surface area contributed by atoms with E-state index in [1.54, 1.807) is 18.4 Å². The highest BCUT2D eigenvalue weighted by atomic mass is 32.1. The zero-order valence-corrected chi connectivity index (χ0v) is 18.6. The number of ether oxygens (including phenoxy) is 1. The Bertz CT molecular complexity index is 1070. The third-order valence-corrected chi connectivity index (χ3v) is 7.08. The van der Waals surface area contributed by atoms with Crippen LogP contribution in [0.15, 0.2) is 30.5 Å². The molecule has 2 aromatic heterocycles. The molecule has 0 radical (unpaired) electrons. The van der Waals surface area contributed by atoms with E-state index in [-0.39, 0.29) is 18.1 Å². The van der Waals surface area contributed by atoms with Gasteiger partial charge in [-0.3, -0.25) is 9.59 Å². The van der Waals surface area contributed by atoms with Crippen LogP contribution in [0.1, 0.15) is 57.3 Å². The quantitative estimate of drug-likeness (QED) is 0.552. The van der Waals surface area contributed by atoms with E-state index in [9.17, 15) is 9.59 Å². The smallest absolute Gasteiger partial charge is 0.223 e. The summed E-state index contributed by atoms with van der Waals surface area (Å²) in [5.74, 6) is 1.45. The molecule has 30 heavy (non-hydrogen) atoms. The van der Waals surface area contributed by atoms with Crippen LogP contribution in [0.4, 0.5) is 0 Å². The SMILES string of the molecule is COc1ccc2[nH]cc(C3CCN(C(=O)CCC(=O)c4cc(C)sc4C)CC3)c2c1. The number of aromatic nitrogens is 1. The van der Waals surface area contributed by atoms with Crippen LogP contribution in [0.2, 0.25) is 0 Å². The zero-order chi connectivity index (χ0) is 21.3. The molecule has 1 aromatic carbocycles. The van der Waals surface area contributed by atoms with E-state index in [1.165, 1.54) is 10.9 Å². The molecule has 1 amide bonds. The summed E-state index contributed by atoms with van der Waals surface area (Å²) in [5, 5.41) is 1.20. The van der Waals surface area contributed by atoms with Gasteiger partial charge in [0.2, 0.25) is 5.91 Å². The molecule has 4 rings (SSSR count). The van der Waals surface area contributed by atoms with E-state index in [0.717, 1.165) is 52.5 Å². The number of piperidine rings is 1. The molecule has 1 aliphatic rings. The number of carbonyl (C=O) groups excluding carboxylic acids is 2. The number of amides is 1. The first-order valence-electron chi connectivity index (χ1n) is 10.5. The molecule has 1 fully saturated rings. The Morgan fingerprint density at radius 1 is 1.17 bits per heavy atom. The lowest BCUT2D eigenvalue weighted by Gasteiger charge is -2.32. The molecule has 158 valence electrons. The maximum atomic E-state index is 12.7. The first-order chi connectivity index (χ1) is 14.5. The third kappa shape index (κ3) is 4.15. The second-order valence-corrected chi connectivity index (χ2v) is 9.52. The van der Waals surface area contributed by atoms with Crippen LogP contribution < -0.4 is 4.74 Å². The largest absolute Gasteiger partial charge is 0.497 e. The van der Waals surface area contributed by atoms with Crippen LogP contribution in [-0.4, -0.2) is 41.8 Å². The van der Waals surface area contributed by atoms with Crippen molar-refractivity contribution in [1.82, 2.24) is 9.88 Å². The number of benzene rings is 1. The molecular weight excluding hydrogens is 396 g/mol. The van der Waals surface area contributed by atoms with Crippen molar-refractivity contribution in [3.05, 3.63) is 51.3 Å². The normalized spacial score (nSPS) is 15.0. The molecule has 0 spiro atoms. The van der Waals surface area contributed by atoms with E-state index >= 15 is 0 Å². The van der Waals surface area contributed by atoms with Gasteiger partial charge in [0.25, 0.3) is 0 Å². The van der Waals surface area contributed by atoms with Crippen molar-refractivity contribution in [3.8, 4) is 5.75 Å². The van der Waals surface area contributed by atoms with Crippen molar-refractivity contribution in [2.45, 2.75) is 45.4 Å². The summed E-state index contributed by atoms with van der Waals surface area (Å²) < 4.78 is 5.38. The second-order valence-electron chi connectivity index (χ2n) is 8.06. The number of aryl methyl sites for hydroxylation is 2. The minimum Gasteiger partial charge on any atom is -0.497 e. The Morgan fingerprint density at radius 2 is 1.93 bits per heavy atom. The summed E-state index contributed by atoms with van der Waals surface area (Å²) in [6.45, 7) is 5.46. The van der Waals surface area contributed by atoms with E-state index in [4.69, 9.17) is 4.74 Å². The maximum absolute atomic E-state index is 12.7. The Hall–Kier alpha value is -2.60. The molecular formula is C24H28N2O3S. The predicted octanol–water partition coefficient (Wildman–Crippen LogP) is 5.22. The van der Waals surface area contributed by atoms with Crippen LogP contribution in [0.3, 0.4) is 0 Å². The average molecular weight is 425 g/mol. The molecule has 6 heteroatoms. The van der Waals surface area contributed by atoms with Crippen molar-refractivity contribution in [2.24, 2.45) is 0 Å². The molecule has 1 aliphatic heterocycles. The number of hydrogen-bond acceptors (Lipinski definition) is 4. The van der Waals surface area contributed by atoms with Crippen LogP contribution >= 0.6 is 11.3 Å². The highest BCUT2D eigenvalue weighted by Crippen LogP contribution is 2.35. The number of rotatable bonds is 6. The summed E-state index contributed by atoms with van der Waals surface area (Å²) in [6.07, 6.45) is 4.55. The number of thiophene rings is 1. The van der Waals surface area contributed by atoms with E-state index in [2.05, 4.69) is 17.2 Å². The maximum Gasteiger partial charge on any atom is 0.223 e. The number of ketones is 1. The van der Waals surface area contributed by atoms with Gasteiger partial charge in [0.05, 0.1) is 7.11 Å². The summed E-state index contributed by atoms with van der Waals surface area (Å²) in [4.78, 5) is 32.6. The number of H-pyrrole nitrogens is 1. The molecule has 3 aromatic rings. The van der Waals surface area contributed by atoms with Gasteiger partial charge in [-0.1, -0.05) is 0 Å². The zero-order valence-electron chi connectivity index (χ0n) is 17.8. The summed E-state index contributed by atoms with van der Waals surface area (Å²) in [5.41, 5.74) is 3.19. The first-order valence-corrected chi connectivity index (χ1v) is 11.3. The van der Waals surface area contributed by atoms with E-state index in [0.29, 0.717) is 12.3 Å². The number of hydrogen-bond donors (Lipinski definition) is 1. The molecule has 0 atom stereocenters. The van der Waals surface area contributed by atoms with Crippen molar-refractivity contribution in [3.63, 3.8) is 0 Å². The number of nitrogens with one attached hydrogen (secondary N) is 1. The fraction of sp³-hybridized carbons (Fsp3) is 0.417. The van der Waals surface area contributed by atoms with Gasteiger partial charge in [-0.05, 0) is 62.4 Å². The fourth-order valence-electron chi connectivity index (χ4n) is 4.45. The minimum absolute atomic E-state index is 0.0767. The van der Waals surface area contributed by atoms with Gasteiger partial charge >= 0.3 is 0 Å². The fourth-order valence-corrected chi connectivity index (χ4v) is 5.39. The molecule has 1 saturated heterocycles. The van der Waals surface area contributed by atoms with Crippen LogP contribution in [0.25, 0.3) is 10.9 Å². The van der Waals surface area contributed by atoms with Crippen molar-refractivity contribution >= 4 is 33.9 Å². The molecule has 0 unspecified atom stereocenters.